The molecule has 0 saturated carbocycles. The third-order valence-corrected chi connectivity index (χ3v) is 24.9. The summed E-state index contributed by atoms with van der Waals surface area (Å²) in [6.07, 6.45) is 1.38. The second-order valence-electron chi connectivity index (χ2n) is 43.0. The molecule has 5 rings (SSSR count). The molecule has 786 valence electrons. The average Bonchev–Trinajstić information content (AvgIpc) is 1.61. The molecule has 0 bridgehead atoms. The molecule has 2 aliphatic heterocycles. The number of fused-ring (bicyclic) bond motifs is 1. The molecule has 1 fully saturated rings. The molecule has 0 aromatic heterocycles. The number of benzene rings is 3. The third-order valence-electron chi connectivity index (χ3n) is 23.3. The fourth-order valence-corrected chi connectivity index (χ4v) is 17.7. The smallest absolute Gasteiger partial charge is 0.310 e. The summed E-state index contributed by atoms with van der Waals surface area (Å²) in [6.45, 7) is 45.5. The quantitative estimate of drug-likeness (QED) is 0.00919. The van der Waals surface area contributed by atoms with Crippen LogP contribution in [-0.2, 0) is 111 Å². The van der Waals surface area contributed by atoms with Gasteiger partial charge in [-0.3, -0.25) is 76.9 Å². The van der Waals surface area contributed by atoms with Crippen molar-refractivity contribution < 1.29 is 94.5 Å². The number of ether oxygens (including phenoxy) is 3. The van der Waals surface area contributed by atoms with Crippen molar-refractivity contribution >= 4 is 110 Å². The highest BCUT2D eigenvalue weighted by Gasteiger charge is 2.44. The van der Waals surface area contributed by atoms with Gasteiger partial charge in [-0.1, -0.05) is 139 Å². The van der Waals surface area contributed by atoms with Gasteiger partial charge in [0, 0.05) is 37.1 Å². The Morgan fingerprint density at radius 3 is 1.49 bits per heavy atom. The van der Waals surface area contributed by atoms with Gasteiger partial charge < -0.3 is 94.4 Å². The largest absolute Gasteiger partial charge is 0.487 e. The summed E-state index contributed by atoms with van der Waals surface area (Å²) in [7, 11) is -4.40. The summed E-state index contributed by atoms with van der Waals surface area (Å²) in [5.74, 6) is -13.2. The first-order valence-electron chi connectivity index (χ1n) is 49.1. The predicted octanol–water partition coefficient (Wildman–Crippen LogP) is 6.69. The number of hydrogen-bond acceptors (Lipinski definition) is 23. The van der Waals surface area contributed by atoms with Gasteiger partial charge in [0.1, 0.15) is 83.4 Å². The van der Waals surface area contributed by atoms with Gasteiger partial charge in [-0.15, -0.1) is 0 Å². The van der Waals surface area contributed by atoms with Crippen molar-refractivity contribution in [3.63, 3.8) is 0 Å². The summed E-state index contributed by atoms with van der Waals surface area (Å²) in [5.41, 5.74) is 12.5. The van der Waals surface area contributed by atoms with Gasteiger partial charge in [0.25, 0.3) is 10.0 Å². The lowest BCUT2D eigenvalue weighted by molar-refractivity contribution is -0.154. The molecule has 0 aliphatic carbocycles. The molecule has 2 heterocycles. The van der Waals surface area contributed by atoms with Crippen LogP contribution in [0.25, 0.3) is 0 Å². The molecule has 3 aromatic carbocycles. The number of nitrogens with two attached hydrogens (primary N) is 2. The number of nitrogens with zero attached hydrogens (tertiary/aromatic N) is 4. The number of likely N-dealkylation sites (tertiary alicyclic amines) is 1. The standard InChI is InChI=1S/C101H161N19O20S/c1-55(2)43-70(85(102)124)109-89(128)72(45-57(5)6)108-80(122)53-106-87(126)77(54-138-98(18,19)20)114-91(130)74(47-59(9)10)112-94(133)82(61(13)14)116-88(127)69(35-31-41-104-97(103)118-141(136,137)84-63(16)62(15)68-51-100(24,25)140-83(68)64(84)17)107-79(121)52-105-86(125)71(44-56(3)4)110-90(129)73(46-58(7)8)111-93(132)78-36-32-42-120(78)95(134)76(48-60(11)12)113-92(131)75(49-65-33-29-28-30-34-65)115-96(135)101(26,27)119-117-67-39-37-66(38-40-67)50-81(123)139-99(21,22)23/h28-30,33-34,37-40,55-61,69-78,82H,31-32,35-36,41-54H2,1-27H3,(H2,102,124)(H,105,125)(H,106,126)(H,107,121)(H,108,122)(H,109,128)(H,110,129)(H,111,132)(H,112,133)(H,113,131)(H,114,130)(H,115,135)(H,116,127)(H3,103,104,118)/t69-,70-,71-,72-,73-,74-,75-,76-,77-,78-,82-/m0/s1. The number of amides is 14. The monoisotopic (exact) mass is 1990 g/mol. The van der Waals surface area contributed by atoms with Crippen LogP contribution in [0.1, 0.15) is 264 Å². The van der Waals surface area contributed by atoms with E-state index in [1.165, 1.54) is 18.7 Å². The zero-order valence-corrected chi connectivity index (χ0v) is 88.6. The number of sulfonamides is 1. The van der Waals surface area contributed by atoms with Crippen LogP contribution in [0.4, 0.5) is 5.69 Å². The Morgan fingerprint density at radius 2 is 0.972 bits per heavy atom. The topological polar surface area (TPSA) is 567 Å². The Labute approximate surface area is 832 Å². The lowest BCUT2D eigenvalue weighted by atomic mass is 9.93. The predicted molar refractivity (Wildman–Crippen MR) is 536 cm³/mol. The fourth-order valence-electron chi connectivity index (χ4n) is 16.2. The van der Waals surface area contributed by atoms with Crippen LogP contribution in [0.15, 0.2) is 74.7 Å². The van der Waals surface area contributed by atoms with E-state index in [2.05, 4.69) is 83.7 Å². The SMILES string of the molecule is Cc1c(C)c(S(=O)(=O)NC(N)=NCCC[C@H](NC(=O)CNC(=O)[C@H](CC(C)C)NC(=O)[C@H](CC(C)C)NC(=O)[C@@H]2CCCN2C(=O)[C@H](CC(C)C)NC(=O)[C@H](Cc2ccccc2)NC(=O)C(C)(C)N=Nc2ccc(CC(=O)OC(C)(C)C)cc2)C(=O)N[C@H](C(=O)N[C@@H](CC(C)C)C(=O)N[C@@H](COC(C)(C)C)C(=O)NCC(=O)N[C@@H](CC(C)C)C(=O)N[C@@H](CC(C)C)C(N)=O)C(C)C)c(C)c2c1CC(C)(C)O2. The van der Waals surface area contributed by atoms with Crippen molar-refractivity contribution in [2.75, 3.05) is 32.8 Å². The first kappa shape index (κ1) is 120. The van der Waals surface area contributed by atoms with Crippen LogP contribution in [0.5, 0.6) is 5.75 Å². The van der Waals surface area contributed by atoms with E-state index in [9.17, 15) is 75.5 Å². The molecule has 40 heteroatoms. The van der Waals surface area contributed by atoms with Gasteiger partial charge in [-0.05, 0) is 230 Å². The molecule has 2 aliphatic rings. The van der Waals surface area contributed by atoms with Crippen molar-refractivity contribution in [3.05, 3.63) is 88.0 Å². The van der Waals surface area contributed by atoms with Gasteiger partial charge in [-0.2, -0.15) is 10.2 Å². The lowest BCUT2D eigenvalue weighted by Gasteiger charge is -2.32. The van der Waals surface area contributed by atoms with Crippen LogP contribution >= 0.6 is 0 Å². The summed E-state index contributed by atoms with van der Waals surface area (Å²) in [4.78, 5) is 219. The van der Waals surface area contributed by atoms with E-state index in [1.54, 1.807) is 152 Å². The van der Waals surface area contributed by atoms with Gasteiger partial charge in [0.2, 0.25) is 88.7 Å². The Kier molecular flexibility index (Phi) is 45.8. The fraction of sp³-hybridized carbons (Fsp3) is 0.663. The van der Waals surface area contributed by atoms with E-state index in [-0.39, 0.29) is 124 Å². The van der Waals surface area contributed by atoms with Crippen molar-refractivity contribution in [1.82, 2.24) is 73.4 Å². The highest BCUT2D eigenvalue weighted by atomic mass is 32.2. The van der Waals surface area contributed by atoms with Gasteiger partial charge in [-0.25, -0.2) is 13.1 Å². The van der Waals surface area contributed by atoms with E-state index in [0.29, 0.717) is 46.5 Å². The first-order valence-corrected chi connectivity index (χ1v) is 50.6. The number of carbonyl (C=O) groups is 15. The number of rotatable bonds is 53. The minimum absolute atomic E-state index is 0.00597. The minimum Gasteiger partial charge on any atom is -0.487 e. The van der Waals surface area contributed by atoms with E-state index in [0.717, 1.165) is 11.1 Å². The third kappa shape index (κ3) is 40.3. The molecular formula is C101H161N19O20S. The molecule has 0 spiro atoms. The Hall–Kier alpha value is -11.7. The van der Waals surface area contributed by atoms with E-state index >= 15 is 4.79 Å². The minimum atomic E-state index is -4.40. The molecule has 3 aromatic rings. The number of primary amides is 1. The summed E-state index contributed by atoms with van der Waals surface area (Å²) in [5, 5.41) is 41.2. The van der Waals surface area contributed by atoms with E-state index < -0.39 is 219 Å². The molecule has 17 N–H and O–H groups in total. The maximum absolute atomic E-state index is 15.1. The number of azo groups is 1. The van der Waals surface area contributed by atoms with E-state index in [1.807, 2.05) is 76.2 Å². The van der Waals surface area contributed by atoms with Crippen LogP contribution in [0.3, 0.4) is 0 Å². The van der Waals surface area contributed by atoms with Crippen LogP contribution < -0.4 is 84.7 Å². The van der Waals surface area contributed by atoms with Crippen molar-refractivity contribution in [1.29, 1.82) is 0 Å². The zero-order chi connectivity index (χ0) is 106. The number of nitrogens with one attached hydrogen (secondary N) is 13. The van der Waals surface area contributed by atoms with Crippen LogP contribution in [-0.4, -0.2) is 230 Å². The number of carbonyl (C=O) groups excluding carboxylic acids is 15. The Morgan fingerprint density at radius 1 is 0.511 bits per heavy atom. The Balaban J connectivity index is 1.38. The average molecular weight is 1990 g/mol. The molecule has 0 radical (unpaired) electrons. The van der Waals surface area contributed by atoms with Gasteiger partial charge in [0.05, 0.1) is 42.3 Å². The normalized spacial score (nSPS) is 16.1. The number of aliphatic imine (C=N–C) groups is 1. The zero-order valence-electron chi connectivity index (χ0n) is 87.8. The molecular weight excluding hydrogens is 1830 g/mol. The van der Waals surface area contributed by atoms with Crippen LogP contribution in [0.2, 0.25) is 0 Å². The van der Waals surface area contributed by atoms with Gasteiger partial charge >= 0.3 is 5.97 Å². The highest BCUT2D eigenvalue weighted by Crippen LogP contribution is 2.44. The van der Waals surface area contributed by atoms with Crippen molar-refractivity contribution in [3.8, 4) is 5.75 Å². The first-order chi connectivity index (χ1) is 65.4. The van der Waals surface area contributed by atoms with Crippen LogP contribution in [0, 0.1) is 62.2 Å². The molecule has 11 atom stereocenters. The van der Waals surface area contributed by atoms with E-state index in [4.69, 9.17) is 25.7 Å². The maximum Gasteiger partial charge on any atom is 0.310 e. The summed E-state index contributed by atoms with van der Waals surface area (Å²) in [6, 6.07) is 1.43. The molecule has 14 amide bonds. The summed E-state index contributed by atoms with van der Waals surface area (Å²) >= 11 is 0. The number of guanidine groups is 1. The molecule has 1 saturated heterocycles. The number of hydrogen-bond donors (Lipinski definition) is 15. The molecule has 39 nitrogen and oxygen atoms in total. The van der Waals surface area contributed by atoms with Gasteiger partial charge in [0.15, 0.2) is 5.54 Å². The second kappa shape index (κ2) is 53.9. The Bertz CT molecular complexity index is 5020. The van der Waals surface area contributed by atoms with Crippen molar-refractivity contribution in [2.45, 2.75) is 364 Å². The molecule has 141 heavy (non-hydrogen) atoms. The lowest BCUT2D eigenvalue weighted by Crippen LogP contribution is -2.60. The molecule has 0 unspecified atom stereocenters. The summed E-state index contributed by atoms with van der Waals surface area (Å²) < 4.78 is 48.4. The second-order valence-corrected chi connectivity index (χ2v) is 44.7. The van der Waals surface area contributed by atoms with Crippen molar-refractivity contribution in [2.24, 2.45) is 68.1 Å². The highest BCUT2D eigenvalue weighted by molar-refractivity contribution is 7.90. The maximum atomic E-state index is 15.1. The number of esters is 1.